The summed E-state index contributed by atoms with van der Waals surface area (Å²) in [7, 11) is 0. The molecule has 1 aromatic rings. The molecule has 1 aliphatic carbocycles. The van der Waals surface area contributed by atoms with E-state index >= 15 is 0 Å². The lowest BCUT2D eigenvalue weighted by Crippen LogP contribution is -2.39. The Hall–Kier alpha value is -2.38. The Kier molecular flexibility index (Phi) is 4.02. The molecule has 2 atom stereocenters. The summed E-state index contributed by atoms with van der Waals surface area (Å²) in [6.07, 6.45) is 2.80. The Labute approximate surface area is 113 Å². The number of hydrogen-bond acceptors (Lipinski definition) is 4. The number of aliphatic carboxylic acids is 1. The van der Waals surface area contributed by atoms with E-state index in [1.807, 2.05) is 0 Å². The molecule has 3 N–H and O–H groups in total. The van der Waals surface area contributed by atoms with Crippen LogP contribution in [0, 0.1) is 5.92 Å². The van der Waals surface area contributed by atoms with Crippen LogP contribution in [0.15, 0.2) is 21.9 Å². The number of aromatic amines is 1. The number of H-pyrrole nitrogens is 1. The van der Waals surface area contributed by atoms with Crippen molar-refractivity contribution in [3.05, 3.63) is 33.1 Å². The summed E-state index contributed by atoms with van der Waals surface area (Å²) in [5.41, 5.74) is -1.17. The summed E-state index contributed by atoms with van der Waals surface area (Å²) < 4.78 is 1.08. The largest absolute Gasteiger partial charge is 0.481 e. The van der Waals surface area contributed by atoms with E-state index in [1.54, 1.807) is 0 Å². The van der Waals surface area contributed by atoms with Crippen LogP contribution in [0.5, 0.6) is 0 Å². The number of amides is 1. The molecule has 8 heteroatoms. The van der Waals surface area contributed by atoms with Crippen LogP contribution in [0.25, 0.3) is 0 Å². The van der Waals surface area contributed by atoms with Gasteiger partial charge in [0.05, 0.1) is 5.92 Å². The van der Waals surface area contributed by atoms with Gasteiger partial charge in [0.25, 0.3) is 5.56 Å². The number of nitrogens with zero attached hydrogens (tertiary/aromatic N) is 1. The maximum atomic E-state index is 11.8. The Balaban J connectivity index is 1.92. The molecule has 0 aromatic carbocycles. The Bertz CT molecular complexity index is 632. The van der Waals surface area contributed by atoms with Gasteiger partial charge in [0, 0.05) is 18.3 Å². The van der Waals surface area contributed by atoms with E-state index in [0.29, 0.717) is 19.3 Å². The third kappa shape index (κ3) is 3.34. The predicted octanol–water partition coefficient (Wildman–Crippen LogP) is -1.09. The fourth-order valence-corrected chi connectivity index (χ4v) is 2.33. The second-order valence-electron chi connectivity index (χ2n) is 4.85. The average Bonchev–Trinajstić information content (AvgIpc) is 2.81. The van der Waals surface area contributed by atoms with E-state index in [0.717, 1.165) is 10.6 Å². The van der Waals surface area contributed by atoms with Gasteiger partial charge in [-0.25, -0.2) is 4.79 Å². The van der Waals surface area contributed by atoms with Crippen molar-refractivity contribution >= 4 is 11.9 Å². The Morgan fingerprint density at radius 2 is 2.15 bits per heavy atom. The zero-order valence-corrected chi connectivity index (χ0v) is 10.7. The van der Waals surface area contributed by atoms with E-state index in [-0.39, 0.29) is 18.5 Å². The third-order valence-corrected chi connectivity index (χ3v) is 3.36. The second kappa shape index (κ2) is 5.72. The van der Waals surface area contributed by atoms with Gasteiger partial charge >= 0.3 is 11.7 Å². The molecule has 108 valence electrons. The third-order valence-electron chi connectivity index (χ3n) is 3.36. The van der Waals surface area contributed by atoms with Crippen LogP contribution in [0.4, 0.5) is 0 Å². The molecule has 8 nitrogen and oxygen atoms in total. The molecule has 2 unspecified atom stereocenters. The van der Waals surface area contributed by atoms with Gasteiger partial charge < -0.3 is 10.4 Å². The monoisotopic (exact) mass is 281 g/mol. The van der Waals surface area contributed by atoms with Crippen LogP contribution < -0.4 is 16.6 Å². The molecule has 1 amide bonds. The van der Waals surface area contributed by atoms with E-state index in [4.69, 9.17) is 5.11 Å². The van der Waals surface area contributed by atoms with Crippen molar-refractivity contribution < 1.29 is 14.7 Å². The zero-order valence-electron chi connectivity index (χ0n) is 10.7. The lowest BCUT2D eigenvalue weighted by Gasteiger charge is -2.12. The molecule has 2 rings (SSSR count). The molecule has 0 bridgehead atoms. The molecule has 1 aliphatic rings. The first-order valence-corrected chi connectivity index (χ1v) is 6.27. The Morgan fingerprint density at radius 1 is 1.40 bits per heavy atom. The number of hydrogen-bond donors (Lipinski definition) is 3. The van der Waals surface area contributed by atoms with Gasteiger partial charge in [-0.2, -0.15) is 0 Å². The van der Waals surface area contributed by atoms with Gasteiger partial charge in [0.15, 0.2) is 0 Å². The number of carbonyl (C=O) groups excluding carboxylic acids is 1. The first-order chi connectivity index (χ1) is 9.45. The van der Waals surface area contributed by atoms with Crippen molar-refractivity contribution in [1.29, 1.82) is 0 Å². The minimum atomic E-state index is -0.849. The first kappa shape index (κ1) is 14.0. The molecular weight excluding hydrogens is 266 g/mol. The van der Waals surface area contributed by atoms with E-state index in [2.05, 4.69) is 10.3 Å². The van der Waals surface area contributed by atoms with Gasteiger partial charge in [-0.05, 0) is 19.3 Å². The van der Waals surface area contributed by atoms with Crippen molar-refractivity contribution in [3.63, 3.8) is 0 Å². The Morgan fingerprint density at radius 3 is 2.75 bits per heavy atom. The van der Waals surface area contributed by atoms with Crippen molar-refractivity contribution in [2.24, 2.45) is 5.92 Å². The maximum Gasteiger partial charge on any atom is 0.328 e. The van der Waals surface area contributed by atoms with Crippen LogP contribution in [-0.4, -0.2) is 32.6 Å². The minimum absolute atomic E-state index is 0.179. The zero-order chi connectivity index (χ0) is 14.7. The van der Waals surface area contributed by atoms with Crippen LogP contribution in [0.1, 0.15) is 19.3 Å². The predicted molar refractivity (Wildman–Crippen MR) is 68.2 cm³/mol. The van der Waals surface area contributed by atoms with Crippen molar-refractivity contribution in [3.8, 4) is 0 Å². The van der Waals surface area contributed by atoms with Crippen molar-refractivity contribution in [1.82, 2.24) is 14.9 Å². The van der Waals surface area contributed by atoms with E-state index in [1.165, 1.54) is 6.20 Å². The smallest absolute Gasteiger partial charge is 0.328 e. The quantitative estimate of drug-likeness (QED) is 0.647. The van der Waals surface area contributed by atoms with Crippen LogP contribution in [0.3, 0.4) is 0 Å². The second-order valence-corrected chi connectivity index (χ2v) is 4.85. The number of carboxylic acid groups (broad SMARTS) is 1. The van der Waals surface area contributed by atoms with E-state index in [9.17, 15) is 19.2 Å². The molecular formula is C12H15N3O5. The number of carbonyl (C=O) groups is 2. The standard InChI is InChI=1S/C12H15N3O5/c16-9-3-4-15(12(20)14-9)6-10(17)13-8-2-1-7(5-8)11(18)19/h3-4,7-8H,1-2,5-6H2,(H,13,17)(H,18,19)(H,14,16,20). The minimum Gasteiger partial charge on any atom is -0.481 e. The van der Waals surface area contributed by atoms with Crippen LogP contribution >= 0.6 is 0 Å². The molecule has 0 saturated heterocycles. The van der Waals surface area contributed by atoms with Gasteiger partial charge in [0.2, 0.25) is 5.91 Å². The summed E-state index contributed by atoms with van der Waals surface area (Å²) in [6, 6.07) is 0.979. The maximum absolute atomic E-state index is 11.8. The molecule has 1 saturated carbocycles. The highest BCUT2D eigenvalue weighted by Gasteiger charge is 2.30. The fraction of sp³-hybridized carbons (Fsp3) is 0.500. The van der Waals surface area contributed by atoms with E-state index < -0.39 is 23.1 Å². The number of aromatic nitrogens is 2. The fourth-order valence-electron chi connectivity index (χ4n) is 2.33. The highest BCUT2D eigenvalue weighted by atomic mass is 16.4. The summed E-state index contributed by atoms with van der Waals surface area (Å²) in [5.74, 6) is -1.65. The average molecular weight is 281 g/mol. The van der Waals surface area contributed by atoms with Gasteiger partial charge in [0.1, 0.15) is 6.54 Å². The van der Waals surface area contributed by atoms with Crippen LogP contribution in [0.2, 0.25) is 0 Å². The molecule has 20 heavy (non-hydrogen) atoms. The first-order valence-electron chi connectivity index (χ1n) is 6.27. The summed E-state index contributed by atoms with van der Waals surface area (Å²) >= 11 is 0. The number of rotatable bonds is 4. The normalized spacial score (nSPS) is 21.6. The summed E-state index contributed by atoms with van der Waals surface area (Å²) in [4.78, 5) is 46.9. The lowest BCUT2D eigenvalue weighted by atomic mass is 10.1. The molecule has 0 spiro atoms. The highest BCUT2D eigenvalue weighted by molar-refractivity contribution is 5.76. The van der Waals surface area contributed by atoms with Gasteiger partial charge in [-0.15, -0.1) is 0 Å². The number of carboxylic acids is 1. The summed E-state index contributed by atoms with van der Waals surface area (Å²) in [6.45, 7) is -0.205. The SMILES string of the molecule is O=C(Cn1ccc(=O)[nH]c1=O)NC1CCC(C(=O)O)C1. The van der Waals surface area contributed by atoms with Crippen LogP contribution in [-0.2, 0) is 16.1 Å². The molecule has 0 aliphatic heterocycles. The summed E-state index contributed by atoms with van der Waals surface area (Å²) in [5, 5.41) is 11.6. The molecule has 1 fully saturated rings. The van der Waals surface area contributed by atoms with Gasteiger partial charge in [-0.1, -0.05) is 0 Å². The van der Waals surface area contributed by atoms with Crippen molar-refractivity contribution in [2.45, 2.75) is 31.8 Å². The highest BCUT2D eigenvalue weighted by Crippen LogP contribution is 2.25. The van der Waals surface area contributed by atoms with Crippen molar-refractivity contribution in [2.75, 3.05) is 0 Å². The molecule has 1 aromatic heterocycles. The molecule has 0 radical (unpaired) electrons. The van der Waals surface area contributed by atoms with Gasteiger partial charge in [-0.3, -0.25) is 23.9 Å². The lowest BCUT2D eigenvalue weighted by molar-refractivity contribution is -0.141. The molecule has 1 heterocycles. The topological polar surface area (TPSA) is 121 Å². The number of nitrogens with one attached hydrogen (secondary N) is 2.